The van der Waals surface area contributed by atoms with Crippen molar-refractivity contribution < 1.29 is 9.53 Å². The number of imidazole rings is 1. The van der Waals surface area contributed by atoms with Gasteiger partial charge in [0.2, 0.25) is 5.91 Å². The molecule has 0 saturated carbocycles. The zero-order valence-electron chi connectivity index (χ0n) is 21.7. The van der Waals surface area contributed by atoms with Crippen LogP contribution in [0.4, 0.5) is 5.69 Å². The average molecular weight is 519 g/mol. The molecule has 6 rings (SSSR count). The third-order valence-electron chi connectivity index (χ3n) is 6.29. The van der Waals surface area contributed by atoms with Crippen LogP contribution in [0.1, 0.15) is 20.3 Å². The van der Waals surface area contributed by atoms with E-state index in [1.807, 2.05) is 62.4 Å². The molecule has 6 aromatic rings. The summed E-state index contributed by atoms with van der Waals surface area (Å²) in [4.78, 5) is 34.3. The van der Waals surface area contributed by atoms with Crippen LogP contribution in [0.2, 0.25) is 0 Å². The molecule has 0 atom stereocenters. The SMILES string of the molecule is COc1cccc(-c2nccc3[nH]c(-c4n[nH]c5ccc(-c6cncc(NC(=O)CC(C)C)c6)nc45)nc23)c1. The maximum atomic E-state index is 12.2. The second-order valence-electron chi connectivity index (χ2n) is 9.65. The Morgan fingerprint density at radius 1 is 0.974 bits per heavy atom. The van der Waals surface area contributed by atoms with E-state index in [9.17, 15) is 4.79 Å². The molecule has 0 aliphatic carbocycles. The Morgan fingerprint density at radius 2 is 1.85 bits per heavy atom. The van der Waals surface area contributed by atoms with E-state index in [1.165, 1.54) is 0 Å². The van der Waals surface area contributed by atoms with Crippen LogP contribution in [0.3, 0.4) is 0 Å². The van der Waals surface area contributed by atoms with Gasteiger partial charge in [-0.05, 0) is 42.3 Å². The number of carbonyl (C=O) groups is 1. The van der Waals surface area contributed by atoms with E-state index in [4.69, 9.17) is 14.7 Å². The summed E-state index contributed by atoms with van der Waals surface area (Å²) in [6.07, 6.45) is 5.54. The fourth-order valence-electron chi connectivity index (χ4n) is 4.49. The molecule has 0 saturated heterocycles. The molecule has 0 spiro atoms. The molecular weight excluding hydrogens is 492 g/mol. The first kappa shape index (κ1) is 24.2. The number of aromatic nitrogens is 7. The number of fused-ring (bicyclic) bond motifs is 2. The van der Waals surface area contributed by atoms with E-state index in [1.54, 1.807) is 25.7 Å². The molecule has 1 aromatic carbocycles. The smallest absolute Gasteiger partial charge is 0.224 e. The molecule has 194 valence electrons. The minimum Gasteiger partial charge on any atom is -0.497 e. The number of amides is 1. The first-order valence-electron chi connectivity index (χ1n) is 12.6. The Balaban J connectivity index is 1.38. The van der Waals surface area contributed by atoms with Gasteiger partial charge in [0, 0.05) is 29.9 Å². The number of aromatic amines is 2. The molecular formula is C29H26N8O2. The van der Waals surface area contributed by atoms with Gasteiger partial charge < -0.3 is 15.0 Å². The van der Waals surface area contributed by atoms with Crippen LogP contribution in [0.5, 0.6) is 5.75 Å². The first-order valence-corrected chi connectivity index (χ1v) is 12.6. The normalized spacial score (nSPS) is 11.4. The highest BCUT2D eigenvalue weighted by Gasteiger charge is 2.18. The Labute approximate surface area is 223 Å². The van der Waals surface area contributed by atoms with Crippen molar-refractivity contribution in [1.82, 2.24) is 35.1 Å². The molecule has 3 N–H and O–H groups in total. The highest BCUT2D eigenvalue weighted by molar-refractivity contribution is 5.95. The molecule has 0 fully saturated rings. The van der Waals surface area contributed by atoms with Crippen LogP contribution in [-0.2, 0) is 4.79 Å². The monoisotopic (exact) mass is 518 g/mol. The Kier molecular flexibility index (Phi) is 6.20. The van der Waals surface area contributed by atoms with Crippen molar-refractivity contribution in [2.45, 2.75) is 20.3 Å². The van der Waals surface area contributed by atoms with Gasteiger partial charge in [-0.1, -0.05) is 26.0 Å². The fraction of sp³-hybridized carbons (Fsp3) is 0.172. The van der Waals surface area contributed by atoms with Gasteiger partial charge in [-0.3, -0.25) is 19.9 Å². The lowest BCUT2D eigenvalue weighted by Gasteiger charge is -2.08. The van der Waals surface area contributed by atoms with Crippen molar-refractivity contribution in [2.75, 3.05) is 12.4 Å². The number of hydrogen-bond donors (Lipinski definition) is 3. The predicted molar refractivity (Wildman–Crippen MR) is 150 cm³/mol. The van der Waals surface area contributed by atoms with Gasteiger partial charge >= 0.3 is 0 Å². The minimum atomic E-state index is -0.0443. The van der Waals surface area contributed by atoms with E-state index < -0.39 is 0 Å². The number of ether oxygens (including phenoxy) is 1. The highest BCUT2D eigenvalue weighted by Crippen LogP contribution is 2.32. The number of carbonyl (C=O) groups excluding carboxylic acids is 1. The van der Waals surface area contributed by atoms with Crippen molar-refractivity contribution >= 4 is 33.7 Å². The van der Waals surface area contributed by atoms with Gasteiger partial charge in [-0.25, -0.2) is 9.97 Å². The van der Waals surface area contributed by atoms with Crippen molar-refractivity contribution in [3.63, 3.8) is 0 Å². The van der Waals surface area contributed by atoms with Crippen LogP contribution in [0.15, 0.2) is 67.1 Å². The maximum Gasteiger partial charge on any atom is 0.224 e. The van der Waals surface area contributed by atoms with E-state index in [2.05, 4.69) is 30.5 Å². The molecule has 39 heavy (non-hydrogen) atoms. The van der Waals surface area contributed by atoms with Gasteiger partial charge in [-0.15, -0.1) is 0 Å². The van der Waals surface area contributed by atoms with Crippen LogP contribution in [0.25, 0.3) is 56.1 Å². The summed E-state index contributed by atoms with van der Waals surface area (Å²) in [6, 6.07) is 15.3. The number of pyridine rings is 3. The van der Waals surface area contributed by atoms with E-state index in [0.29, 0.717) is 34.8 Å². The van der Waals surface area contributed by atoms with Gasteiger partial charge in [-0.2, -0.15) is 5.10 Å². The van der Waals surface area contributed by atoms with Crippen LogP contribution >= 0.6 is 0 Å². The zero-order chi connectivity index (χ0) is 26.9. The van der Waals surface area contributed by atoms with Gasteiger partial charge in [0.1, 0.15) is 16.8 Å². The van der Waals surface area contributed by atoms with Crippen molar-refractivity contribution in [1.29, 1.82) is 0 Å². The van der Waals surface area contributed by atoms with E-state index in [-0.39, 0.29) is 11.8 Å². The summed E-state index contributed by atoms with van der Waals surface area (Å²) in [5.41, 5.74) is 7.33. The number of methoxy groups -OCH3 is 1. The molecule has 0 aliphatic heterocycles. The van der Waals surface area contributed by atoms with Gasteiger partial charge in [0.15, 0.2) is 11.5 Å². The lowest BCUT2D eigenvalue weighted by atomic mass is 10.1. The van der Waals surface area contributed by atoms with Crippen molar-refractivity contribution in [3.05, 3.63) is 67.1 Å². The first-order chi connectivity index (χ1) is 19.0. The lowest BCUT2D eigenvalue weighted by Crippen LogP contribution is -2.14. The number of hydrogen-bond acceptors (Lipinski definition) is 7. The summed E-state index contributed by atoms with van der Waals surface area (Å²) in [6.45, 7) is 4.02. The molecule has 0 bridgehead atoms. The standard InChI is InChI=1S/C29H26N8O2/c1-16(2)11-24(38)32-19-12-18(14-30-15-19)21-7-8-23-27(33-21)28(37-36-23)29-34-22-9-10-31-25(26(22)35-29)17-5-4-6-20(13-17)39-3/h4-10,12-16H,11H2,1-3H3,(H,32,38)(H,34,35)(H,36,37). The molecule has 5 aromatic heterocycles. The van der Waals surface area contributed by atoms with E-state index in [0.717, 1.165) is 39.1 Å². The third-order valence-corrected chi connectivity index (χ3v) is 6.29. The fourth-order valence-corrected chi connectivity index (χ4v) is 4.49. The number of H-pyrrole nitrogens is 2. The Hall–Kier alpha value is -5.12. The van der Waals surface area contributed by atoms with Gasteiger partial charge in [0.05, 0.1) is 41.4 Å². The average Bonchev–Trinajstić information content (AvgIpc) is 3.56. The van der Waals surface area contributed by atoms with Crippen LogP contribution in [-0.4, -0.2) is 48.1 Å². The summed E-state index contributed by atoms with van der Waals surface area (Å²) in [5.74, 6) is 1.54. The molecule has 1 amide bonds. The number of benzene rings is 1. The predicted octanol–water partition coefficient (Wildman–Crippen LogP) is 5.62. The summed E-state index contributed by atoms with van der Waals surface area (Å²) < 4.78 is 5.39. The Morgan fingerprint density at radius 3 is 2.69 bits per heavy atom. The molecule has 0 unspecified atom stereocenters. The number of rotatable bonds is 7. The third kappa shape index (κ3) is 4.79. The molecule has 10 heteroatoms. The second kappa shape index (κ2) is 9.97. The van der Waals surface area contributed by atoms with Crippen LogP contribution < -0.4 is 10.1 Å². The summed E-state index contributed by atoms with van der Waals surface area (Å²) in [7, 11) is 1.64. The van der Waals surface area contributed by atoms with Crippen molar-refractivity contribution in [2.24, 2.45) is 5.92 Å². The van der Waals surface area contributed by atoms with E-state index >= 15 is 0 Å². The maximum absolute atomic E-state index is 12.2. The zero-order valence-corrected chi connectivity index (χ0v) is 21.7. The molecule has 5 heterocycles. The quantitative estimate of drug-likeness (QED) is 0.250. The van der Waals surface area contributed by atoms with Crippen molar-refractivity contribution in [3.8, 4) is 39.8 Å². The topological polar surface area (TPSA) is 134 Å². The highest BCUT2D eigenvalue weighted by atomic mass is 16.5. The number of anilines is 1. The van der Waals surface area contributed by atoms with Crippen LogP contribution in [0, 0.1) is 5.92 Å². The minimum absolute atomic E-state index is 0.0443. The largest absolute Gasteiger partial charge is 0.497 e. The number of nitrogens with one attached hydrogen (secondary N) is 3. The molecule has 0 aliphatic rings. The molecule has 10 nitrogen and oxygen atoms in total. The number of nitrogens with zero attached hydrogens (tertiary/aromatic N) is 5. The summed E-state index contributed by atoms with van der Waals surface area (Å²) in [5, 5.41) is 10.5. The molecule has 0 radical (unpaired) electrons. The lowest BCUT2D eigenvalue weighted by molar-refractivity contribution is -0.116. The van der Waals surface area contributed by atoms with Gasteiger partial charge in [0.25, 0.3) is 0 Å². The second-order valence-corrected chi connectivity index (χ2v) is 9.65. The Bertz CT molecular complexity index is 1820. The summed E-state index contributed by atoms with van der Waals surface area (Å²) >= 11 is 0.